The summed E-state index contributed by atoms with van der Waals surface area (Å²) in [5, 5.41) is 7.67. The zero-order valence-electron chi connectivity index (χ0n) is 17.0. The van der Waals surface area contributed by atoms with E-state index in [1.165, 1.54) is 25.9 Å². The molecule has 2 saturated heterocycles. The molecule has 158 valence electrons. The van der Waals surface area contributed by atoms with E-state index in [0.29, 0.717) is 17.0 Å². The number of nitrogen functional groups attached to an aromatic ring is 1. The molecule has 2 aliphatic rings. The highest BCUT2D eigenvalue weighted by atomic mass is 16.5. The maximum absolute atomic E-state index is 12.2. The second-order valence-corrected chi connectivity index (χ2v) is 7.40. The molecule has 2 aromatic heterocycles. The van der Waals surface area contributed by atoms with Gasteiger partial charge in [-0.05, 0) is 67.7 Å². The lowest BCUT2D eigenvalue weighted by molar-refractivity contribution is 0.122. The third-order valence-electron chi connectivity index (χ3n) is 5.24. The summed E-state index contributed by atoms with van der Waals surface area (Å²) in [6, 6.07) is 11.5. The lowest BCUT2D eigenvalue weighted by Gasteiger charge is -2.28. The van der Waals surface area contributed by atoms with Crippen LogP contribution in [0, 0.1) is 0 Å². The Morgan fingerprint density at radius 1 is 1.07 bits per heavy atom. The Kier molecular flexibility index (Phi) is 6.46. The monoisotopic (exact) mass is 408 g/mol. The lowest BCUT2D eigenvalue weighted by Crippen LogP contribution is -2.36. The summed E-state index contributed by atoms with van der Waals surface area (Å²) in [4.78, 5) is 21.4. The minimum Gasteiger partial charge on any atom is -0.384 e. The SMILES string of the molecule is C1CCNC1.Nc1cc2cc[nH]c(=O)c2c(Nc2ccc(N3CCOCC3)cc2)n1. The van der Waals surface area contributed by atoms with Crippen LogP contribution in [0.15, 0.2) is 47.4 Å². The molecule has 5 N–H and O–H groups in total. The molecular formula is C22H28N6O2. The number of pyridine rings is 2. The summed E-state index contributed by atoms with van der Waals surface area (Å²) in [5.41, 5.74) is 7.67. The van der Waals surface area contributed by atoms with Crippen LogP contribution in [0.5, 0.6) is 0 Å². The summed E-state index contributed by atoms with van der Waals surface area (Å²) in [5.74, 6) is 0.821. The fourth-order valence-electron chi connectivity index (χ4n) is 3.66. The highest BCUT2D eigenvalue weighted by Gasteiger charge is 2.12. The van der Waals surface area contributed by atoms with Crippen molar-refractivity contribution in [2.24, 2.45) is 0 Å². The van der Waals surface area contributed by atoms with Crippen molar-refractivity contribution in [2.45, 2.75) is 12.8 Å². The molecule has 5 rings (SSSR count). The normalized spacial score (nSPS) is 16.2. The van der Waals surface area contributed by atoms with Crippen molar-refractivity contribution in [3.63, 3.8) is 0 Å². The Labute approximate surface area is 175 Å². The molecule has 0 unspecified atom stereocenters. The van der Waals surface area contributed by atoms with Gasteiger partial charge in [0.15, 0.2) is 0 Å². The first-order chi connectivity index (χ1) is 14.7. The molecule has 0 amide bonds. The second kappa shape index (κ2) is 9.60. The number of H-pyrrole nitrogens is 1. The number of hydrogen-bond donors (Lipinski definition) is 4. The number of benzene rings is 1. The van der Waals surface area contributed by atoms with Crippen LogP contribution in [0.2, 0.25) is 0 Å². The van der Waals surface area contributed by atoms with Crippen LogP contribution >= 0.6 is 0 Å². The smallest absolute Gasteiger partial charge is 0.259 e. The fourth-order valence-corrected chi connectivity index (χ4v) is 3.66. The van der Waals surface area contributed by atoms with E-state index in [0.717, 1.165) is 43.1 Å². The van der Waals surface area contributed by atoms with Crippen LogP contribution < -0.4 is 26.8 Å². The number of nitrogens with two attached hydrogens (primary N) is 1. The Morgan fingerprint density at radius 3 is 2.47 bits per heavy atom. The Bertz CT molecular complexity index is 1020. The molecule has 0 atom stereocenters. The third-order valence-corrected chi connectivity index (χ3v) is 5.24. The molecule has 8 heteroatoms. The summed E-state index contributed by atoms with van der Waals surface area (Å²) in [7, 11) is 0. The van der Waals surface area contributed by atoms with Gasteiger partial charge in [-0.25, -0.2) is 4.98 Å². The topological polar surface area (TPSA) is 108 Å². The predicted molar refractivity (Wildman–Crippen MR) is 122 cm³/mol. The number of anilines is 4. The van der Waals surface area contributed by atoms with Crippen molar-refractivity contribution in [1.82, 2.24) is 15.3 Å². The highest BCUT2D eigenvalue weighted by molar-refractivity contribution is 5.94. The summed E-state index contributed by atoms with van der Waals surface area (Å²) < 4.78 is 5.38. The Hall–Kier alpha value is -3.10. The van der Waals surface area contributed by atoms with Gasteiger partial charge in [0.2, 0.25) is 0 Å². The fraction of sp³-hybridized carbons (Fsp3) is 0.364. The van der Waals surface area contributed by atoms with E-state index >= 15 is 0 Å². The Morgan fingerprint density at radius 2 is 1.80 bits per heavy atom. The van der Waals surface area contributed by atoms with E-state index in [9.17, 15) is 4.79 Å². The number of hydrogen-bond acceptors (Lipinski definition) is 7. The third kappa shape index (κ3) is 4.90. The van der Waals surface area contributed by atoms with Crippen molar-refractivity contribution in [3.8, 4) is 0 Å². The van der Waals surface area contributed by atoms with Crippen LogP contribution in [0.4, 0.5) is 23.0 Å². The Balaban J connectivity index is 0.000000383. The van der Waals surface area contributed by atoms with E-state index in [1.54, 1.807) is 12.3 Å². The van der Waals surface area contributed by atoms with Gasteiger partial charge < -0.3 is 31.0 Å². The molecule has 1 aromatic carbocycles. The lowest BCUT2D eigenvalue weighted by atomic mass is 10.2. The van der Waals surface area contributed by atoms with Crippen molar-refractivity contribution >= 4 is 33.8 Å². The number of aromatic amines is 1. The van der Waals surface area contributed by atoms with Crippen molar-refractivity contribution in [3.05, 3.63) is 52.9 Å². The van der Waals surface area contributed by atoms with Gasteiger partial charge in [-0.15, -0.1) is 0 Å². The van der Waals surface area contributed by atoms with Crippen LogP contribution in [-0.2, 0) is 4.74 Å². The van der Waals surface area contributed by atoms with Crippen molar-refractivity contribution < 1.29 is 4.74 Å². The maximum atomic E-state index is 12.2. The molecule has 0 radical (unpaired) electrons. The largest absolute Gasteiger partial charge is 0.384 e. The number of morpholine rings is 1. The first kappa shape index (κ1) is 20.2. The van der Waals surface area contributed by atoms with Gasteiger partial charge >= 0.3 is 0 Å². The number of nitrogens with zero attached hydrogens (tertiary/aromatic N) is 2. The van der Waals surface area contributed by atoms with Gasteiger partial charge in [0, 0.05) is 30.7 Å². The van der Waals surface area contributed by atoms with E-state index < -0.39 is 0 Å². The minimum absolute atomic E-state index is 0.197. The highest BCUT2D eigenvalue weighted by Crippen LogP contribution is 2.25. The molecule has 2 aliphatic heterocycles. The van der Waals surface area contributed by atoms with E-state index in [2.05, 4.69) is 25.5 Å². The zero-order valence-corrected chi connectivity index (χ0v) is 17.0. The number of nitrogens with one attached hydrogen (secondary N) is 3. The molecule has 8 nitrogen and oxygen atoms in total. The average Bonchev–Trinajstić information content (AvgIpc) is 3.35. The van der Waals surface area contributed by atoms with Crippen molar-refractivity contribution in [2.75, 3.05) is 55.3 Å². The maximum Gasteiger partial charge on any atom is 0.259 e. The predicted octanol–water partition coefficient (Wildman–Crippen LogP) is 2.46. The van der Waals surface area contributed by atoms with Crippen LogP contribution in [-0.4, -0.2) is 49.4 Å². The summed E-state index contributed by atoms with van der Waals surface area (Å²) in [6.07, 6.45) is 4.38. The van der Waals surface area contributed by atoms with E-state index in [1.807, 2.05) is 30.3 Å². The number of ether oxygens (including phenoxy) is 1. The molecule has 0 spiro atoms. The quantitative estimate of drug-likeness (QED) is 0.527. The van der Waals surface area contributed by atoms with Gasteiger partial charge in [-0.1, -0.05) is 0 Å². The second-order valence-electron chi connectivity index (χ2n) is 7.40. The van der Waals surface area contributed by atoms with Gasteiger partial charge in [0.05, 0.1) is 18.6 Å². The average molecular weight is 409 g/mol. The van der Waals surface area contributed by atoms with Gasteiger partial charge in [0.1, 0.15) is 11.6 Å². The summed E-state index contributed by atoms with van der Waals surface area (Å²) >= 11 is 0. The zero-order chi connectivity index (χ0) is 20.8. The van der Waals surface area contributed by atoms with Crippen LogP contribution in [0.1, 0.15) is 12.8 Å². The first-order valence-corrected chi connectivity index (χ1v) is 10.4. The van der Waals surface area contributed by atoms with Gasteiger partial charge in [-0.3, -0.25) is 4.79 Å². The van der Waals surface area contributed by atoms with Gasteiger partial charge in [-0.2, -0.15) is 0 Å². The molecular weight excluding hydrogens is 380 g/mol. The van der Waals surface area contributed by atoms with E-state index in [-0.39, 0.29) is 5.56 Å². The molecule has 3 aromatic rings. The van der Waals surface area contributed by atoms with E-state index in [4.69, 9.17) is 10.5 Å². The van der Waals surface area contributed by atoms with Gasteiger partial charge in [0.25, 0.3) is 5.56 Å². The number of fused-ring (bicyclic) bond motifs is 1. The molecule has 4 heterocycles. The molecule has 0 saturated carbocycles. The summed E-state index contributed by atoms with van der Waals surface area (Å²) in [6.45, 7) is 5.79. The standard InChI is InChI=1S/C18H19N5O2.C4H9N/c19-15-11-12-5-6-20-18(24)16(12)17(22-15)21-13-1-3-14(4-2-13)23-7-9-25-10-8-23;1-2-4-5-3-1/h1-6,11H,7-10H2,(H,20,24)(H3,19,21,22);5H,1-4H2. The first-order valence-electron chi connectivity index (χ1n) is 10.4. The number of rotatable bonds is 3. The number of aromatic nitrogens is 2. The van der Waals surface area contributed by atoms with Crippen LogP contribution in [0.3, 0.4) is 0 Å². The van der Waals surface area contributed by atoms with Crippen LogP contribution in [0.25, 0.3) is 10.8 Å². The van der Waals surface area contributed by atoms with Crippen molar-refractivity contribution in [1.29, 1.82) is 0 Å². The molecule has 0 aliphatic carbocycles. The molecule has 2 fully saturated rings. The molecule has 30 heavy (non-hydrogen) atoms. The minimum atomic E-state index is -0.197. The molecule has 0 bridgehead atoms.